The third-order valence-corrected chi connectivity index (χ3v) is 3.56. The summed E-state index contributed by atoms with van der Waals surface area (Å²) in [5, 5.41) is 3.20. The summed E-state index contributed by atoms with van der Waals surface area (Å²) in [4.78, 5) is 12.3. The van der Waals surface area contributed by atoms with E-state index in [-0.39, 0.29) is 10.9 Å². The minimum atomic E-state index is -0.121. The molecule has 0 unspecified atom stereocenters. The van der Waals surface area contributed by atoms with Crippen molar-refractivity contribution in [2.45, 2.75) is 13.3 Å². The quantitative estimate of drug-likeness (QED) is 0.849. The van der Waals surface area contributed by atoms with Crippen LogP contribution in [0.2, 0.25) is 5.02 Å². The molecule has 108 valence electrons. The number of nitrogens with one attached hydrogen (secondary N) is 1. The van der Waals surface area contributed by atoms with Crippen LogP contribution in [0.4, 0.5) is 5.69 Å². The molecule has 0 aromatic heterocycles. The van der Waals surface area contributed by atoms with Gasteiger partial charge in [-0.25, -0.2) is 0 Å². The van der Waals surface area contributed by atoms with Gasteiger partial charge in [-0.3, -0.25) is 4.79 Å². The number of nitrogens with two attached hydrogens (primary N) is 1. The molecule has 21 heavy (non-hydrogen) atoms. The summed E-state index contributed by atoms with van der Waals surface area (Å²) in [5.41, 5.74) is 8.87. The van der Waals surface area contributed by atoms with Crippen LogP contribution in [0.25, 0.3) is 0 Å². The Morgan fingerprint density at radius 3 is 2.48 bits per heavy atom. The van der Waals surface area contributed by atoms with E-state index in [1.54, 1.807) is 18.2 Å². The Kier molecular flexibility index (Phi) is 4.94. The fourth-order valence-corrected chi connectivity index (χ4v) is 2.21. The van der Waals surface area contributed by atoms with Crippen molar-refractivity contribution >= 4 is 40.4 Å². The topological polar surface area (TPSA) is 55.1 Å². The van der Waals surface area contributed by atoms with Crippen molar-refractivity contribution in [3.05, 3.63) is 64.2 Å². The van der Waals surface area contributed by atoms with E-state index in [0.717, 1.165) is 11.1 Å². The van der Waals surface area contributed by atoms with Crippen molar-refractivity contribution < 1.29 is 4.79 Å². The molecule has 2 rings (SSSR count). The van der Waals surface area contributed by atoms with Gasteiger partial charge >= 0.3 is 0 Å². The predicted molar refractivity (Wildman–Crippen MR) is 90.9 cm³/mol. The lowest BCUT2D eigenvalue weighted by atomic mass is 10.1. The van der Waals surface area contributed by atoms with Gasteiger partial charge < -0.3 is 11.1 Å². The molecule has 0 radical (unpaired) electrons. The minimum Gasteiger partial charge on any atom is -0.389 e. The number of amides is 1. The number of hydrogen-bond donors (Lipinski definition) is 2. The number of anilines is 1. The van der Waals surface area contributed by atoms with E-state index in [1.165, 1.54) is 0 Å². The van der Waals surface area contributed by atoms with Gasteiger partial charge in [0.1, 0.15) is 4.99 Å². The van der Waals surface area contributed by atoms with Crippen molar-refractivity contribution in [3.63, 3.8) is 0 Å². The molecule has 3 nitrogen and oxygen atoms in total. The third-order valence-electron chi connectivity index (χ3n) is 3.01. The molecule has 0 saturated carbocycles. The molecule has 0 fully saturated rings. The summed E-state index contributed by atoms with van der Waals surface area (Å²) in [7, 11) is 0. The second-order valence-corrected chi connectivity index (χ2v) is 5.62. The summed E-state index contributed by atoms with van der Waals surface area (Å²) in [6.07, 6.45) is 0.299. The number of rotatable bonds is 4. The molecule has 0 saturated heterocycles. The normalized spacial score (nSPS) is 10.2. The Bertz CT molecular complexity index is 683. The lowest BCUT2D eigenvalue weighted by molar-refractivity contribution is -0.115. The summed E-state index contributed by atoms with van der Waals surface area (Å²) >= 11 is 11.0. The van der Waals surface area contributed by atoms with Crippen LogP contribution in [0.1, 0.15) is 16.7 Å². The van der Waals surface area contributed by atoms with Crippen LogP contribution in [0.3, 0.4) is 0 Å². The summed E-state index contributed by atoms with van der Waals surface area (Å²) in [6.45, 7) is 2.01. The standard InChI is InChI=1S/C16H15ClN2OS/c1-10-2-4-11(5-3-10)8-15(20)19-14-7-6-12(16(18)21)9-13(14)17/h2-7,9H,8H2,1H3,(H2,18,21)(H,19,20). The fourth-order valence-electron chi connectivity index (χ4n) is 1.86. The number of halogens is 1. The van der Waals surface area contributed by atoms with Crippen LogP contribution in [-0.2, 0) is 11.2 Å². The van der Waals surface area contributed by atoms with E-state index in [2.05, 4.69) is 5.32 Å². The summed E-state index contributed by atoms with van der Waals surface area (Å²) in [6, 6.07) is 12.9. The average molecular weight is 319 g/mol. The highest BCUT2D eigenvalue weighted by atomic mass is 35.5. The van der Waals surface area contributed by atoms with E-state index in [9.17, 15) is 4.79 Å². The molecule has 2 aromatic carbocycles. The Balaban J connectivity index is 2.06. The molecule has 0 atom stereocenters. The average Bonchev–Trinajstić information content (AvgIpc) is 2.43. The van der Waals surface area contributed by atoms with E-state index < -0.39 is 0 Å². The van der Waals surface area contributed by atoms with Gasteiger partial charge in [-0.15, -0.1) is 0 Å². The number of benzene rings is 2. The molecule has 0 aliphatic heterocycles. The van der Waals surface area contributed by atoms with Crippen molar-refractivity contribution in [2.24, 2.45) is 5.73 Å². The lowest BCUT2D eigenvalue weighted by Gasteiger charge is -2.09. The zero-order valence-corrected chi connectivity index (χ0v) is 13.1. The second-order valence-electron chi connectivity index (χ2n) is 4.77. The molecule has 0 heterocycles. The molecular weight excluding hydrogens is 304 g/mol. The van der Waals surface area contributed by atoms with E-state index in [0.29, 0.717) is 22.7 Å². The highest BCUT2D eigenvalue weighted by molar-refractivity contribution is 7.80. The Labute approximate surface area is 134 Å². The van der Waals surface area contributed by atoms with Crippen molar-refractivity contribution in [3.8, 4) is 0 Å². The van der Waals surface area contributed by atoms with Crippen LogP contribution in [0.15, 0.2) is 42.5 Å². The molecule has 0 aliphatic rings. The predicted octanol–water partition coefficient (Wildman–Crippen LogP) is 3.46. The molecular formula is C16H15ClN2OS. The number of thiocarbonyl (C=S) groups is 1. The highest BCUT2D eigenvalue weighted by Crippen LogP contribution is 2.23. The Morgan fingerprint density at radius 1 is 1.24 bits per heavy atom. The monoisotopic (exact) mass is 318 g/mol. The van der Waals surface area contributed by atoms with Crippen molar-refractivity contribution in [2.75, 3.05) is 5.32 Å². The van der Waals surface area contributed by atoms with Gasteiger partial charge in [0.2, 0.25) is 5.91 Å². The number of aryl methyl sites for hydroxylation is 1. The van der Waals surface area contributed by atoms with Gasteiger partial charge in [0.15, 0.2) is 0 Å². The SMILES string of the molecule is Cc1ccc(CC(=O)Nc2ccc(C(N)=S)cc2Cl)cc1. The van der Waals surface area contributed by atoms with Gasteiger partial charge in [-0.1, -0.05) is 53.6 Å². The van der Waals surface area contributed by atoms with Crippen molar-refractivity contribution in [1.82, 2.24) is 0 Å². The lowest BCUT2D eigenvalue weighted by Crippen LogP contribution is -2.15. The van der Waals surface area contributed by atoms with Crippen LogP contribution >= 0.6 is 23.8 Å². The van der Waals surface area contributed by atoms with E-state index >= 15 is 0 Å². The highest BCUT2D eigenvalue weighted by Gasteiger charge is 2.08. The molecule has 0 aliphatic carbocycles. The number of carbonyl (C=O) groups is 1. The zero-order chi connectivity index (χ0) is 15.4. The van der Waals surface area contributed by atoms with Crippen LogP contribution < -0.4 is 11.1 Å². The third kappa shape index (κ3) is 4.28. The van der Waals surface area contributed by atoms with Gasteiger partial charge in [-0.2, -0.15) is 0 Å². The Morgan fingerprint density at radius 2 is 1.90 bits per heavy atom. The fraction of sp³-hybridized carbons (Fsp3) is 0.125. The smallest absolute Gasteiger partial charge is 0.228 e. The van der Waals surface area contributed by atoms with Crippen LogP contribution in [0, 0.1) is 6.92 Å². The van der Waals surface area contributed by atoms with E-state index in [1.807, 2.05) is 31.2 Å². The first kappa shape index (κ1) is 15.5. The Hall–Kier alpha value is -1.91. The maximum Gasteiger partial charge on any atom is 0.228 e. The maximum atomic E-state index is 12.0. The first-order chi connectivity index (χ1) is 9.95. The summed E-state index contributed by atoms with van der Waals surface area (Å²) in [5.74, 6) is -0.121. The zero-order valence-electron chi connectivity index (χ0n) is 11.5. The molecule has 3 N–H and O–H groups in total. The summed E-state index contributed by atoms with van der Waals surface area (Å²) < 4.78 is 0. The second kappa shape index (κ2) is 6.70. The molecule has 1 amide bonds. The van der Waals surface area contributed by atoms with Gasteiger partial charge in [0, 0.05) is 5.56 Å². The molecule has 0 spiro atoms. The van der Waals surface area contributed by atoms with Gasteiger partial charge in [0.05, 0.1) is 17.1 Å². The molecule has 0 bridgehead atoms. The molecule has 5 heteroatoms. The van der Waals surface area contributed by atoms with Gasteiger partial charge in [0.25, 0.3) is 0 Å². The number of carbonyl (C=O) groups excluding carboxylic acids is 1. The first-order valence-electron chi connectivity index (χ1n) is 6.40. The van der Waals surface area contributed by atoms with Crippen molar-refractivity contribution in [1.29, 1.82) is 0 Å². The van der Waals surface area contributed by atoms with Crippen LogP contribution in [0.5, 0.6) is 0 Å². The maximum absolute atomic E-state index is 12.0. The first-order valence-corrected chi connectivity index (χ1v) is 7.19. The van der Waals surface area contributed by atoms with E-state index in [4.69, 9.17) is 29.6 Å². The largest absolute Gasteiger partial charge is 0.389 e. The molecule has 2 aromatic rings. The number of hydrogen-bond acceptors (Lipinski definition) is 2. The van der Waals surface area contributed by atoms with Crippen LogP contribution in [-0.4, -0.2) is 10.9 Å². The van der Waals surface area contributed by atoms with Gasteiger partial charge in [-0.05, 0) is 30.7 Å². The minimum absolute atomic E-state index is 0.121.